The molecule has 1 saturated carbocycles. The van der Waals surface area contributed by atoms with Gasteiger partial charge in [0.25, 0.3) is 0 Å². The lowest BCUT2D eigenvalue weighted by Crippen LogP contribution is -2.41. The fraction of sp³-hybridized carbons (Fsp3) is 1.00. The van der Waals surface area contributed by atoms with E-state index < -0.39 is 0 Å². The Labute approximate surface area is 51.0 Å². The number of hydrogen-bond acceptors (Lipinski definition) is 1. The number of hydrogen-bond donors (Lipinski definition) is 0. The van der Waals surface area contributed by atoms with E-state index in [9.17, 15) is 0 Å². The van der Waals surface area contributed by atoms with Gasteiger partial charge in [0, 0.05) is 7.11 Å². The predicted molar refractivity (Wildman–Crippen MR) is 33.8 cm³/mol. The van der Waals surface area contributed by atoms with Crippen molar-refractivity contribution in [3.05, 3.63) is 0 Å². The molecule has 0 aliphatic heterocycles. The lowest BCUT2D eigenvalue weighted by Gasteiger charge is -2.42. The van der Waals surface area contributed by atoms with Crippen LogP contribution >= 0.6 is 0 Å². The van der Waals surface area contributed by atoms with Crippen LogP contribution in [-0.4, -0.2) is 12.7 Å². The average Bonchev–Trinajstić information content (AvgIpc) is 1.63. The van der Waals surface area contributed by atoms with Crippen molar-refractivity contribution in [1.29, 1.82) is 0 Å². The summed E-state index contributed by atoms with van der Waals surface area (Å²) in [4.78, 5) is 0. The lowest BCUT2D eigenvalue weighted by atomic mass is 9.73. The molecule has 0 heterocycles. The summed E-state index contributed by atoms with van der Waals surface area (Å²) in [6.07, 6.45) is 2.48. The third-order valence-electron chi connectivity index (χ3n) is 2.05. The van der Waals surface area contributed by atoms with Gasteiger partial charge in [-0.1, -0.05) is 6.92 Å². The zero-order chi connectivity index (χ0) is 6.20. The number of ether oxygens (including phenoxy) is 1. The average molecular weight is 114 g/mol. The van der Waals surface area contributed by atoms with E-state index in [1.165, 1.54) is 12.8 Å². The topological polar surface area (TPSA) is 9.23 Å². The van der Waals surface area contributed by atoms with Crippen LogP contribution in [0.2, 0.25) is 0 Å². The molecule has 0 saturated heterocycles. The number of rotatable bonds is 1. The van der Waals surface area contributed by atoms with Crippen LogP contribution in [0.4, 0.5) is 0 Å². The highest BCUT2D eigenvalue weighted by molar-refractivity contribution is 4.89. The highest BCUT2D eigenvalue weighted by Gasteiger charge is 2.37. The third kappa shape index (κ3) is 0.873. The minimum Gasteiger partial charge on any atom is -0.379 e. The maximum atomic E-state index is 5.24. The Hall–Kier alpha value is -0.0400. The van der Waals surface area contributed by atoms with Gasteiger partial charge in [-0.05, 0) is 25.7 Å². The van der Waals surface area contributed by atoms with E-state index in [4.69, 9.17) is 4.74 Å². The third-order valence-corrected chi connectivity index (χ3v) is 2.05. The molecule has 0 aromatic heterocycles. The van der Waals surface area contributed by atoms with Crippen molar-refractivity contribution in [3.63, 3.8) is 0 Å². The van der Waals surface area contributed by atoms with Crippen molar-refractivity contribution in [2.75, 3.05) is 7.11 Å². The SMILES string of the molecule is CO[C@]1(C)C[C@@H](C)C1. The Balaban J connectivity index is 2.30. The van der Waals surface area contributed by atoms with E-state index in [1.807, 2.05) is 0 Å². The van der Waals surface area contributed by atoms with E-state index in [1.54, 1.807) is 7.11 Å². The molecule has 1 rings (SSSR count). The fourth-order valence-electron chi connectivity index (χ4n) is 1.58. The molecule has 8 heavy (non-hydrogen) atoms. The van der Waals surface area contributed by atoms with Gasteiger partial charge < -0.3 is 4.74 Å². The molecule has 0 amide bonds. The fourth-order valence-corrected chi connectivity index (χ4v) is 1.58. The molecule has 1 aliphatic carbocycles. The smallest absolute Gasteiger partial charge is 0.0655 e. The summed E-state index contributed by atoms with van der Waals surface area (Å²) in [5, 5.41) is 0. The van der Waals surface area contributed by atoms with Gasteiger partial charge in [0.15, 0.2) is 0 Å². The van der Waals surface area contributed by atoms with E-state index >= 15 is 0 Å². The van der Waals surface area contributed by atoms with Gasteiger partial charge in [-0.3, -0.25) is 0 Å². The molecular formula is C7H14O. The highest BCUT2D eigenvalue weighted by Crippen LogP contribution is 2.39. The molecule has 0 aromatic carbocycles. The van der Waals surface area contributed by atoms with Gasteiger partial charge >= 0.3 is 0 Å². The van der Waals surface area contributed by atoms with Crippen LogP contribution in [0.25, 0.3) is 0 Å². The molecule has 0 atom stereocenters. The van der Waals surface area contributed by atoms with E-state index in [0.717, 1.165) is 5.92 Å². The molecule has 0 aromatic rings. The second-order valence-electron chi connectivity index (χ2n) is 3.17. The number of methoxy groups -OCH3 is 1. The first kappa shape index (κ1) is 6.09. The zero-order valence-corrected chi connectivity index (χ0v) is 5.90. The summed E-state index contributed by atoms with van der Waals surface area (Å²) in [6.45, 7) is 4.44. The molecule has 1 heteroatoms. The highest BCUT2D eigenvalue weighted by atomic mass is 16.5. The van der Waals surface area contributed by atoms with E-state index in [2.05, 4.69) is 13.8 Å². The van der Waals surface area contributed by atoms with Crippen LogP contribution in [0.1, 0.15) is 26.7 Å². The summed E-state index contributed by atoms with van der Waals surface area (Å²) >= 11 is 0. The van der Waals surface area contributed by atoms with Crippen LogP contribution in [0, 0.1) is 5.92 Å². The van der Waals surface area contributed by atoms with Crippen molar-refractivity contribution < 1.29 is 4.74 Å². The van der Waals surface area contributed by atoms with Gasteiger partial charge in [0.1, 0.15) is 0 Å². The Morgan fingerprint density at radius 3 is 2.12 bits per heavy atom. The minimum atomic E-state index is 0.236. The van der Waals surface area contributed by atoms with Gasteiger partial charge in [-0.2, -0.15) is 0 Å². The standard InChI is InChI=1S/C7H14O/c1-6-4-7(2,5-6)8-3/h6H,4-5H2,1-3H3/t6-,7-. The summed E-state index contributed by atoms with van der Waals surface area (Å²) in [6, 6.07) is 0. The lowest BCUT2D eigenvalue weighted by molar-refractivity contribution is -0.0851. The second kappa shape index (κ2) is 1.73. The molecule has 1 aliphatic rings. The summed E-state index contributed by atoms with van der Waals surface area (Å²) in [5.41, 5.74) is 0.236. The van der Waals surface area contributed by atoms with Crippen molar-refractivity contribution >= 4 is 0 Å². The van der Waals surface area contributed by atoms with Crippen LogP contribution in [0.5, 0.6) is 0 Å². The van der Waals surface area contributed by atoms with Crippen molar-refractivity contribution in [2.45, 2.75) is 32.3 Å². The largest absolute Gasteiger partial charge is 0.379 e. The molecule has 0 radical (unpaired) electrons. The Bertz CT molecular complexity index is 82.4. The Morgan fingerprint density at radius 2 is 2.00 bits per heavy atom. The first-order valence-corrected chi connectivity index (χ1v) is 3.21. The molecule has 0 N–H and O–H groups in total. The Kier molecular flexibility index (Phi) is 1.31. The minimum absolute atomic E-state index is 0.236. The zero-order valence-electron chi connectivity index (χ0n) is 5.90. The van der Waals surface area contributed by atoms with E-state index in [0.29, 0.717) is 0 Å². The van der Waals surface area contributed by atoms with Gasteiger partial charge in [0.05, 0.1) is 5.60 Å². The normalized spacial score (nSPS) is 46.1. The molecular weight excluding hydrogens is 100 g/mol. The molecule has 0 spiro atoms. The summed E-state index contributed by atoms with van der Waals surface area (Å²) in [7, 11) is 1.80. The predicted octanol–water partition coefficient (Wildman–Crippen LogP) is 1.82. The van der Waals surface area contributed by atoms with Crippen molar-refractivity contribution in [1.82, 2.24) is 0 Å². The van der Waals surface area contributed by atoms with Crippen LogP contribution in [0.3, 0.4) is 0 Å². The summed E-state index contributed by atoms with van der Waals surface area (Å²) in [5.74, 6) is 0.889. The molecule has 48 valence electrons. The first-order chi connectivity index (χ1) is 3.66. The van der Waals surface area contributed by atoms with Gasteiger partial charge in [0.2, 0.25) is 0 Å². The quantitative estimate of drug-likeness (QED) is 0.505. The molecule has 0 unspecified atom stereocenters. The van der Waals surface area contributed by atoms with Gasteiger partial charge in [-0.15, -0.1) is 0 Å². The van der Waals surface area contributed by atoms with Crippen LogP contribution in [0.15, 0.2) is 0 Å². The van der Waals surface area contributed by atoms with Crippen LogP contribution in [-0.2, 0) is 4.74 Å². The van der Waals surface area contributed by atoms with Crippen molar-refractivity contribution in [3.8, 4) is 0 Å². The Morgan fingerprint density at radius 1 is 1.50 bits per heavy atom. The maximum absolute atomic E-state index is 5.24. The van der Waals surface area contributed by atoms with Crippen molar-refractivity contribution in [2.24, 2.45) is 5.92 Å². The molecule has 0 bridgehead atoms. The van der Waals surface area contributed by atoms with Crippen LogP contribution < -0.4 is 0 Å². The first-order valence-electron chi connectivity index (χ1n) is 3.21. The van der Waals surface area contributed by atoms with E-state index in [-0.39, 0.29) is 5.60 Å². The summed E-state index contributed by atoms with van der Waals surface area (Å²) < 4.78 is 5.24. The maximum Gasteiger partial charge on any atom is 0.0655 e. The van der Waals surface area contributed by atoms with Gasteiger partial charge in [-0.25, -0.2) is 0 Å². The second-order valence-corrected chi connectivity index (χ2v) is 3.17. The molecule has 1 fully saturated rings. The molecule has 1 nitrogen and oxygen atoms in total. The monoisotopic (exact) mass is 114 g/mol.